The largest absolute Gasteiger partial charge is 0.507 e. The lowest BCUT2D eigenvalue weighted by molar-refractivity contribution is -0.132. The molecule has 0 bridgehead atoms. The van der Waals surface area contributed by atoms with Crippen molar-refractivity contribution >= 4 is 85.9 Å². The Morgan fingerprint density at radius 3 is 1.66 bits per heavy atom. The van der Waals surface area contributed by atoms with Gasteiger partial charge in [-0.25, -0.2) is 23.8 Å². The summed E-state index contributed by atoms with van der Waals surface area (Å²) in [5.41, 5.74) is 20.1. The zero-order chi connectivity index (χ0) is 104. The normalized spacial score (nSPS) is 17.1. The number of rotatable bonds is 23. The average molecular weight is 1990 g/mol. The van der Waals surface area contributed by atoms with Crippen molar-refractivity contribution in [3.63, 3.8) is 0 Å². The first-order valence-electron chi connectivity index (χ1n) is 49.6. The zero-order valence-electron chi connectivity index (χ0n) is 83.1. The molecule has 26 heteroatoms. The highest BCUT2D eigenvalue weighted by Gasteiger charge is 2.46. The van der Waals surface area contributed by atoms with Crippen LogP contribution in [0.2, 0.25) is 0 Å². The summed E-state index contributed by atoms with van der Waals surface area (Å²) >= 11 is 0. The van der Waals surface area contributed by atoms with Crippen LogP contribution < -0.4 is 10.9 Å². The molecule has 6 unspecified atom stereocenters. The van der Waals surface area contributed by atoms with Gasteiger partial charge in [-0.1, -0.05) is 253 Å². The highest BCUT2D eigenvalue weighted by Crippen LogP contribution is 2.49. The number of carbonyl (C=O) groups is 7. The maximum absolute atomic E-state index is 14.6. The van der Waals surface area contributed by atoms with E-state index >= 15 is 0 Å². The molecule has 17 aromatic rings. The molecule has 23 rings (SSSR count). The number of allylic oxidation sites excluding steroid dienone is 2. The van der Waals surface area contributed by atoms with E-state index in [-0.39, 0.29) is 88.5 Å². The number of halogens is 1. The van der Waals surface area contributed by atoms with Gasteiger partial charge in [0, 0.05) is 144 Å². The van der Waals surface area contributed by atoms with Crippen molar-refractivity contribution in [2.24, 2.45) is 28.7 Å². The van der Waals surface area contributed by atoms with Crippen LogP contribution in [-0.2, 0) is 63.5 Å². The van der Waals surface area contributed by atoms with Crippen molar-refractivity contribution in [1.29, 1.82) is 0 Å². The van der Waals surface area contributed by atoms with Crippen molar-refractivity contribution in [1.82, 2.24) is 49.3 Å². The van der Waals surface area contributed by atoms with Crippen LogP contribution in [0.25, 0.3) is 55.5 Å². The summed E-state index contributed by atoms with van der Waals surface area (Å²) in [4.78, 5) is 138. The third-order valence-corrected chi connectivity index (χ3v) is 27.8. The van der Waals surface area contributed by atoms with Gasteiger partial charge in [0.15, 0.2) is 17.3 Å². The molecule has 7 aromatic heterocycles. The Morgan fingerprint density at radius 1 is 0.520 bits per heavy atom. The van der Waals surface area contributed by atoms with Gasteiger partial charge < -0.3 is 39.4 Å². The van der Waals surface area contributed by atoms with Gasteiger partial charge in [-0.15, -0.1) is 0 Å². The van der Waals surface area contributed by atoms with E-state index in [2.05, 4.69) is 77.2 Å². The Kier molecular flexibility index (Phi) is 31.4. The Balaban J connectivity index is 0.000000118. The summed E-state index contributed by atoms with van der Waals surface area (Å²) in [7, 11) is 2.00. The number of aromatic nitrogens is 8. The number of nitrogens with zero attached hydrogens (tertiary/aromatic N) is 11. The smallest absolute Gasteiger partial charge is 0.342 e. The van der Waals surface area contributed by atoms with Gasteiger partial charge in [0.1, 0.15) is 46.8 Å². The second-order valence-electron chi connectivity index (χ2n) is 37.9. The molecule has 4 N–H and O–H groups in total. The first kappa shape index (κ1) is 102. The van der Waals surface area contributed by atoms with E-state index in [1.165, 1.54) is 21.1 Å². The topological polar surface area (TPSA) is 343 Å². The summed E-state index contributed by atoms with van der Waals surface area (Å²) < 4.78 is 18.2. The molecule has 25 nitrogen and oxygen atoms in total. The number of nitrogens with one attached hydrogen (secondary N) is 1. The minimum Gasteiger partial charge on any atom is -0.507 e. The van der Waals surface area contributed by atoms with Gasteiger partial charge in [0.2, 0.25) is 0 Å². The summed E-state index contributed by atoms with van der Waals surface area (Å²) in [5.74, 6) is -2.86. The fourth-order valence-electron chi connectivity index (χ4n) is 19.5. The second-order valence-corrected chi connectivity index (χ2v) is 37.9. The number of carboxylic acid groups (broad SMARTS) is 2. The maximum atomic E-state index is 14.6. The van der Waals surface area contributed by atoms with Crippen LogP contribution in [0.4, 0.5) is 9.18 Å². The molecule has 748 valence electrons. The molecule has 0 spiro atoms. The van der Waals surface area contributed by atoms with Crippen molar-refractivity contribution < 1.29 is 62.9 Å². The van der Waals surface area contributed by atoms with Crippen LogP contribution in [-0.4, -0.2) is 130 Å². The first-order valence-corrected chi connectivity index (χ1v) is 49.6. The Hall–Kier alpha value is -18.3. The minimum atomic E-state index is -1.25. The van der Waals surface area contributed by atoms with Crippen molar-refractivity contribution in [3.05, 3.63) is 500 Å². The number of aromatic carboxylic acids is 1. The van der Waals surface area contributed by atoms with E-state index in [0.717, 1.165) is 132 Å². The molecule has 10 aromatic carbocycles. The van der Waals surface area contributed by atoms with Gasteiger partial charge in [0.05, 0.1) is 52.1 Å². The first-order chi connectivity index (χ1) is 72.9. The third-order valence-electron chi connectivity index (χ3n) is 27.8. The summed E-state index contributed by atoms with van der Waals surface area (Å²) in [6.45, 7) is 8.73. The number of urea groups is 1. The predicted molar refractivity (Wildman–Crippen MR) is 575 cm³/mol. The summed E-state index contributed by atoms with van der Waals surface area (Å²) in [6, 6.07) is 95.6. The van der Waals surface area contributed by atoms with Gasteiger partial charge in [-0.2, -0.15) is 0 Å². The monoisotopic (exact) mass is 1990 g/mol. The van der Waals surface area contributed by atoms with E-state index in [4.69, 9.17) is 14.7 Å². The number of fused-ring (bicyclic) bond motifs is 4. The Morgan fingerprint density at radius 2 is 1.07 bits per heavy atom. The molecule has 6 aliphatic rings. The number of aliphatic hydroxyl groups excluding tert-OH is 1. The number of hydrogen-bond donors (Lipinski definition) is 4. The number of imidazole rings is 1. The number of aliphatic carboxylic acids is 1. The molecule has 150 heavy (non-hydrogen) atoms. The van der Waals surface area contributed by atoms with Crippen LogP contribution in [0, 0.1) is 31.0 Å². The average Bonchev–Trinajstić information content (AvgIpc) is 0.849. The fourth-order valence-corrected chi connectivity index (χ4v) is 19.5. The number of aryl methyl sites for hydroxylation is 4. The molecule has 3 amide bonds. The number of amides is 3. The molecule has 6 atom stereocenters. The van der Waals surface area contributed by atoms with Crippen molar-refractivity contribution in [2.45, 2.75) is 122 Å². The lowest BCUT2D eigenvalue weighted by Crippen LogP contribution is -2.36. The molecule has 2 fully saturated rings. The number of hydrogen-bond acceptors (Lipinski definition) is 19. The van der Waals surface area contributed by atoms with Gasteiger partial charge >= 0.3 is 18.0 Å². The number of imide groups is 1. The summed E-state index contributed by atoms with van der Waals surface area (Å²) in [6.07, 6.45) is 25.0. The molecule has 3 aliphatic heterocycles. The maximum Gasteiger partial charge on any atom is 0.342 e. The number of aliphatic hydroxyl groups is 1. The molecular weight excluding hydrogens is 1880 g/mol. The van der Waals surface area contributed by atoms with Crippen LogP contribution in [0.1, 0.15) is 173 Å². The number of oxime groups is 2. The van der Waals surface area contributed by atoms with Crippen LogP contribution in [0.15, 0.2) is 398 Å². The molecule has 0 radical (unpaired) electrons. The number of Topliss-reactive ketones (excluding diaryl/α,β-unsaturated/α-hetero) is 2. The molecule has 3 aliphatic carbocycles. The number of carbonyl (C=O) groups excluding carboxylic acids is 5. The van der Waals surface area contributed by atoms with Crippen LogP contribution in [0.5, 0.6) is 0 Å². The highest BCUT2D eigenvalue weighted by molar-refractivity contribution is 6.31. The van der Waals surface area contributed by atoms with Crippen LogP contribution >= 0.6 is 0 Å². The van der Waals surface area contributed by atoms with Gasteiger partial charge in [0.25, 0.3) is 11.5 Å². The van der Waals surface area contributed by atoms with Crippen LogP contribution in [0.3, 0.4) is 0 Å². The van der Waals surface area contributed by atoms with E-state index in [1.807, 2.05) is 306 Å². The van der Waals surface area contributed by atoms with Crippen molar-refractivity contribution in [2.75, 3.05) is 0 Å². The zero-order valence-corrected chi connectivity index (χ0v) is 83.1. The lowest BCUT2D eigenvalue weighted by atomic mass is 9.73. The molecule has 1 saturated heterocycles. The Labute approximate surface area is 865 Å². The van der Waals surface area contributed by atoms with Crippen molar-refractivity contribution in [3.8, 4) is 22.3 Å². The Bertz CT molecular complexity index is 8030. The quantitative estimate of drug-likeness (QED) is 0.0262. The second kappa shape index (κ2) is 46.4. The van der Waals surface area contributed by atoms with Gasteiger partial charge in [-0.3, -0.25) is 53.8 Å². The standard InChI is InChI=1S/C24H20N2O3.C23H19NO2.C21H17N3O.C20H15FO3.C19H18N4O3.C17H18N2O/c1-15-11-19-20(12-16(15)2)26(14-17-7-6-10-25-13-17)23(27)22(24(28)29)21(19)18-8-4-3-5-9-18;25-22-19-11-5-4-10-18(19)20(13-12-16-7-6-14-24-15-16)23(26)21(22)17-8-2-1-3-9-17;1-24-19-10-9-17(21(25)16-7-3-2-4-8-16)13-18(19)23-20(24)12-15-6-5-11-22-14-15;21-18-10-16-15(9-14(18)11-4-2-1-3-5-11)13(12-6-7-12)8-17(19(16)22)20(23)24;24-18-17(21-19(25)23(18)12-13-5-4-8-20-11-13)10-15-9-16(22-26-15)14-6-2-1-3-7-14;1-13-17(2,11-14-7-6-10-18-12-14)16(19-20-13)15-8-4-3-5-9-15/h3-13H,14H2,1-2H3,(H,28,29);1-11,14-15,20,25H,12-13H2;2-11,13-14H,12H2,1H3;1-5,8-10,12-13H,6-7H2,(H,23,24);1-8,11,15,17H,9-10,12H2,(H,21,25);3-10,12-13H,11H2,1-2H3. The number of ketones is 3. The summed E-state index contributed by atoms with van der Waals surface area (Å²) in [5, 5.41) is 42.0. The minimum absolute atomic E-state index is 0.0157. The fraction of sp³-hybridized carbons (Fsp3) is 0.177. The number of carboxylic acids is 2. The molecular formula is C124H107FN12O13. The van der Waals surface area contributed by atoms with E-state index in [9.17, 15) is 58.1 Å². The van der Waals surface area contributed by atoms with E-state index in [0.29, 0.717) is 70.5 Å². The SMILES string of the molecule is CC1ON=C(c2ccccc2)C1(C)Cc1cccnc1.Cc1cc2c(-c3ccccc3)c(C(=O)O)c(=O)n(Cc3cccnc3)c2cc1C.Cn1c(Cc2cccnc2)nc2cc(C(=O)c3ccccc3)ccc21.O=C(O)C1=CC(C2CC2)c2cc(-c3ccccc3)c(F)cc2C1=O.O=C1C(c2ccccc2)=C(O)c2ccccc2C1CCc1cccnc1.O=C1NC(CC2CC(c3ccccc3)=NO2)C(=O)N1Cc1cccnc1. The lowest BCUT2D eigenvalue weighted by Gasteiger charge is -2.28. The third kappa shape index (κ3) is 23.1. The molecule has 10 heterocycles. The van der Waals surface area contributed by atoms with E-state index < -0.39 is 35.1 Å². The van der Waals surface area contributed by atoms with E-state index in [1.54, 1.807) is 67.7 Å². The predicted octanol–water partition coefficient (Wildman–Crippen LogP) is 22.8. The number of pyridine rings is 6. The molecule has 1 saturated carbocycles. The van der Waals surface area contributed by atoms with Gasteiger partial charge in [-0.05, 0) is 211 Å². The number of benzene rings is 10. The highest BCUT2D eigenvalue weighted by atomic mass is 19.1.